The van der Waals surface area contributed by atoms with Gasteiger partial charge in [-0.05, 0) is 48.1 Å². The van der Waals surface area contributed by atoms with Gasteiger partial charge in [0.2, 0.25) is 5.72 Å². The summed E-state index contributed by atoms with van der Waals surface area (Å²) >= 11 is 2.31. The maximum Gasteiger partial charge on any atom is 0.353 e. The van der Waals surface area contributed by atoms with Crippen LogP contribution in [0.4, 0.5) is 0 Å². The van der Waals surface area contributed by atoms with Crippen LogP contribution in [-0.2, 0) is 20.8 Å². The van der Waals surface area contributed by atoms with Crippen molar-refractivity contribution in [3.05, 3.63) is 33.4 Å². The van der Waals surface area contributed by atoms with Gasteiger partial charge >= 0.3 is 5.97 Å². The Labute approximate surface area is 127 Å². The zero-order chi connectivity index (χ0) is 13.9. The number of carbonyl (C=O) groups excluding carboxylic acids is 1. The highest BCUT2D eigenvalue weighted by molar-refractivity contribution is 14.1. The minimum Gasteiger partial charge on any atom is -0.463 e. The summed E-state index contributed by atoms with van der Waals surface area (Å²) in [5, 5.41) is 0. The molecule has 1 aromatic rings. The smallest absolute Gasteiger partial charge is 0.353 e. The van der Waals surface area contributed by atoms with Crippen LogP contribution in [0, 0.1) is 3.57 Å². The number of ether oxygens (including phenoxy) is 2. The van der Waals surface area contributed by atoms with E-state index < -0.39 is 5.72 Å². The van der Waals surface area contributed by atoms with E-state index in [1.807, 2.05) is 17.0 Å². The standard InChI is InChI=1S/C14H18INO3/c1-3-18-13(17)14(2)16(8-9-19-14)10-11-6-4-5-7-12(11)15/h4-7H,3,8-10H2,1-2H3/t14-/m1/s1. The van der Waals surface area contributed by atoms with Crippen molar-refractivity contribution >= 4 is 28.6 Å². The van der Waals surface area contributed by atoms with E-state index >= 15 is 0 Å². The van der Waals surface area contributed by atoms with Crippen molar-refractivity contribution < 1.29 is 14.3 Å². The van der Waals surface area contributed by atoms with Gasteiger partial charge in [0, 0.05) is 16.7 Å². The Morgan fingerprint density at radius 2 is 2.26 bits per heavy atom. The highest BCUT2D eigenvalue weighted by Crippen LogP contribution is 2.27. The molecule has 2 rings (SSSR count). The molecule has 1 atom stereocenters. The van der Waals surface area contributed by atoms with E-state index in [0.717, 1.165) is 6.54 Å². The maximum absolute atomic E-state index is 12.1. The largest absolute Gasteiger partial charge is 0.463 e. The van der Waals surface area contributed by atoms with Crippen LogP contribution in [0.5, 0.6) is 0 Å². The molecule has 0 unspecified atom stereocenters. The molecular weight excluding hydrogens is 357 g/mol. The third-order valence-electron chi connectivity index (χ3n) is 3.32. The summed E-state index contributed by atoms with van der Waals surface area (Å²) in [6.07, 6.45) is 0. The van der Waals surface area contributed by atoms with Crippen molar-refractivity contribution in [2.75, 3.05) is 19.8 Å². The van der Waals surface area contributed by atoms with E-state index in [9.17, 15) is 4.79 Å². The number of carbonyl (C=O) groups is 1. The van der Waals surface area contributed by atoms with E-state index in [-0.39, 0.29) is 5.97 Å². The molecule has 0 spiro atoms. The molecule has 1 aliphatic heterocycles. The maximum atomic E-state index is 12.1. The molecular formula is C14H18INO3. The molecule has 0 aromatic heterocycles. The number of nitrogens with zero attached hydrogens (tertiary/aromatic N) is 1. The fourth-order valence-electron chi connectivity index (χ4n) is 2.17. The molecule has 0 bridgehead atoms. The molecule has 19 heavy (non-hydrogen) atoms. The Balaban J connectivity index is 2.15. The number of benzene rings is 1. The first-order valence-electron chi connectivity index (χ1n) is 6.37. The van der Waals surface area contributed by atoms with Crippen LogP contribution in [0.15, 0.2) is 24.3 Å². The number of esters is 1. The van der Waals surface area contributed by atoms with Crippen LogP contribution in [0.2, 0.25) is 0 Å². The zero-order valence-corrected chi connectivity index (χ0v) is 13.3. The van der Waals surface area contributed by atoms with E-state index in [4.69, 9.17) is 9.47 Å². The molecule has 0 N–H and O–H groups in total. The summed E-state index contributed by atoms with van der Waals surface area (Å²) in [4.78, 5) is 14.1. The van der Waals surface area contributed by atoms with Crippen molar-refractivity contribution in [1.29, 1.82) is 0 Å². The van der Waals surface area contributed by atoms with Crippen LogP contribution in [0.25, 0.3) is 0 Å². The van der Waals surface area contributed by atoms with Crippen LogP contribution < -0.4 is 0 Å². The fraction of sp³-hybridized carbons (Fsp3) is 0.500. The van der Waals surface area contributed by atoms with Crippen molar-refractivity contribution in [1.82, 2.24) is 4.90 Å². The lowest BCUT2D eigenvalue weighted by molar-refractivity contribution is -0.179. The van der Waals surface area contributed by atoms with Gasteiger partial charge in [0.15, 0.2) is 0 Å². The van der Waals surface area contributed by atoms with E-state index in [2.05, 4.69) is 34.7 Å². The second-order valence-electron chi connectivity index (χ2n) is 4.56. The lowest BCUT2D eigenvalue weighted by Gasteiger charge is -2.31. The first-order valence-corrected chi connectivity index (χ1v) is 7.45. The van der Waals surface area contributed by atoms with Crippen molar-refractivity contribution in [2.45, 2.75) is 26.1 Å². The van der Waals surface area contributed by atoms with Crippen molar-refractivity contribution in [3.8, 4) is 0 Å². The average Bonchev–Trinajstić information content (AvgIpc) is 2.76. The summed E-state index contributed by atoms with van der Waals surface area (Å²) in [6, 6.07) is 8.16. The van der Waals surface area contributed by atoms with Gasteiger partial charge in [0.1, 0.15) is 0 Å². The van der Waals surface area contributed by atoms with Gasteiger partial charge in [-0.2, -0.15) is 0 Å². The van der Waals surface area contributed by atoms with Crippen LogP contribution >= 0.6 is 22.6 Å². The predicted octanol–water partition coefficient (Wildman–Crippen LogP) is 2.40. The average molecular weight is 375 g/mol. The number of halogens is 1. The normalized spacial score (nSPS) is 23.5. The SMILES string of the molecule is CCOC(=O)[C@@]1(C)OCCN1Cc1ccccc1I. The molecule has 0 saturated carbocycles. The Morgan fingerprint density at radius 3 is 2.95 bits per heavy atom. The highest BCUT2D eigenvalue weighted by Gasteiger charge is 2.46. The summed E-state index contributed by atoms with van der Waals surface area (Å²) < 4.78 is 11.9. The first-order chi connectivity index (χ1) is 9.08. The van der Waals surface area contributed by atoms with Gasteiger partial charge in [-0.1, -0.05) is 18.2 Å². The number of hydrogen-bond acceptors (Lipinski definition) is 4. The molecule has 0 amide bonds. The molecule has 0 aliphatic carbocycles. The fourth-order valence-corrected chi connectivity index (χ4v) is 2.73. The van der Waals surface area contributed by atoms with Crippen molar-refractivity contribution in [2.24, 2.45) is 0 Å². The third-order valence-corrected chi connectivity index (χ3v) is 4.37. The van der Waals surface area contributed by atoms with E-state index in [1.165, 1.54) is 9.13 Å². The Kier molecular flexibility index (Phi) is 4.81. The second-order valence-corrected chi connectivity index (χ2v) is 5.73. The Morgan fingerprint density at radius 1 is 1.53 bits per heavy atom. The monoisotopic (exact) mass is 375 g/mol. The van der Waals surface area contributed by atoms with Gasteiger partial charge in [0.25, 0.3) is 0 Å². The lowest BCUT2D eigenvalue weighted by atomic mass is 10.1. The Hall–Kier alpha value is -0.660. The van der Waals surface area contributed by atoms with Gasteiger partial charge in [-0.3, -0.25) is 4.90 Å². The summed E-state index contributed by atoms with van der Waals surface area (Å²) in [7, 11) is 0. The summed E-state index contributed by atoms with van der Waals surface area (Å²) in [5.41, 5.74) is 0.235. The number of rotatable bonds is 4. The molecule has 1 heterocycles. The molecule has 1 saturated heterocycles. The zero-order valence-electron chi connectivity index (χ0n) is 11.2. The summed E-state index contributed by atoms with van der Waals surface area (Å²) in [5.74, 6) is -0.307. The van der Waals surface area contributed by atoms with Crippen LogP contribution in [0.3, 0.4) is 0 Å². The molecule has 1 aliphatic rings. The highest BCUT2D eigenvalue weighted by atomic mass is 127. The predicted molar refractivity (Wildman–Crippen MR) is 80.6 cm³/mol. The van der Waals surface area contributed by atoms with E-state index in [1.54, 1.807) is 13.8 Å². The number of hydrogen-bond donors (Lipinski definition) is 0. The molecule has 0 radical (unpaired) electrons. The molecule has 5 heteroatoms. The van der Waals surface area contributed by atoms with Gasteiger partial charge < -0.3 is 9.47 Å². The van der Waals surface area contributed by atoms with Gasteiger partial charge in [-0.15, -0.1) is 0 Å². The summed E-state index contributed by atoms with van der Waals surface area (Å²) in [6.45, 7) is 5.94. The Bertz CT molecular complexity index is 466. The first kappa shape index (κ1) is 14.7. The molecule has 1 aromatic carbocycles. The second kappa shape index (κ2) is 6.19. The van der Waals surface area contributed by atoms with Crippen molar-refractivity contribution in [3.63, 3.8) is 0 Å². The molecule has 104 valence electrons. The molecule has 4 nitrogen and oxygen atoms in total. The minimum absolute atomic E-state index is 0.307. The molecule has 1 fully saturated rings. The quantitative estimate of drug-likeness (QED) is 0.599. The van der Waals surface area contributed by atoms with Crippen LogP contribution in [0.1, 0.15) is 19.4 Å². The van der Waals surface area contributed by atoms with E-state index in [0.29, 0.717) is 19.8 Å². The third kappa shape index (κ3) is 3.09. The van der Waals surface area contributed by atoms with Gasteiger partial charge in [-0.25, -0.2) is 4.79 Å². The topological polar surface area (TPSA) is 38.8 Å². The van der Waals surface area contributed by atoms with Gasteiger partial charge in [0.05, 0.1) is 13.2 Å². The minimum atomic E-state index is -0.963. The lowest BCUT2D eigenvalue weighted by Crippen LogP contribution is -2.49. The van der Waals surface area contributed by atoms with Crippen LogP contribution in [-0.4, -0.2) is 36.4 Å².